The number of rotatable bonds is 3. The molecule has 0 aliphatic carbocycles. The molecule has 1 amide bonds. The summed E-state index contributed by atoms with van der Waals surface area (Å²) >= 11 is 0. The van der Waals surface area contributed by atoms with Gasteiger partial charge in [-0.2, -0.15) is 5.10 Å². The van der Waals surface area contributed by atoms with Crippen molar-refractivity contribution in [2.75, 3.05) is 0 Å². The van der Waals surface area contributed by atoms with E-state index in [0.717, 1.165) is 24.3 Å². The van der Waals surface area contributed by atoms with Crippen LogP contribution in [0.1, 0.15) is 32.9 Å². The molecule has 0 spiro atoms. The first-order chi connectivity index (χ1) is 9.63. The molecule has 5 heteroatoms. The standard InChI is InChI=1S/C15H18N4O/c1-10-5-14(19(2)18-10)15(20)17-7-11-3-4-12-8-16-9-13(12)6-11/h3-6,16H,7-9H2,1-2H3,(H,17,20). The van der Waals surface area contributed by atoms with Crippen molar-refractivity contribution in [2.24, 2.45) is 7.05 Å². The summed E-state index contributed by atoms with van der Waals surface area (Å²) in [6.07, 6.45) is 0. The Labute approximate surface area is 118 Å². The highest BCUT2D eigenvalue weighted by Gasteiger charge is 2.13. The van der Waals surface area contributed by atoms with Crippen molar-refractivity contribution in [3.05, 3.63) is 52.3 Å². The molecule has 1 aliphatic heterocycles. The molecule has 104 valence electrons. The van der Waals surface area contributed by atoms with Crippen LogP contribution in [0.4, 0.5) is 0 Å². The molecular weight excluding hydrogens is 252 g/mol. The minimum Gasteiger partial charge on any atom is -0.347 e. The van der Waals surface area contributed by atoms with Crippen LogP contribution in [-0.4, -0.2) is 15.7 Å². The fraction of sp³-hybridized carbons (Fsp3) is 0.333. The van der Waals surface area contributed by atoms with Crippen LogP contribution in [0.15, 0.2) is 24.3 Å². The molecule has 0 bridgehead atoms. The van der Waals surface area contributed by atoms with Crippen molar-refractivity contribution in [1.29, 1.82) is 0 Å². The minimum atomic E-state index is -0.0910. The van der Waals surface area contributed by atoms with Gasteiger partial charge in [-0.25, -0.2) is 0 Å². The Balaban J connectivity index is 1.67. The summed E-state index contributed by atoms with van der Waals surface area (Å²) in [5, 5.41) is 10.4. The fourth-order valence-electron chi connectivity index (χ4n) is 2.55. The maximum absolute atomic E-state index is 12.1. The third-order valence-corrected chi connectivity index (χ3v) is 3.59. The van der Waals surface area contributed by atoms with E-state index in [0.29, 0.717) is 12.2 Å². The fourth-order valence-corrected chi connectivity index (χ4v) is 2.55. The zero-order valence-corrected chi connectivity index (χ0v) is 11.7. The molecule has 0 saturated carbocycles. The number of hydrogen-bond acceptors (Lipinski definition) is 3. The number of amides is 1. The summed E-state index contributed by atoms with van der Waals surface area (Å²) in [5.41, 5.74) is 5.24. The summed E-state index contributed by atoms with van der Waals surface area (Å²) in [4.78, 5) is 12.1. The first-order valence-corrected chi connectivity index (χ1v) is 6.74. The number of carbonyl (C=O) groups excluding carboxylic acids is 1. The highest BCUT2D eigenvalue weighted by atomic mass is 16.2. The largest absolute Gasteiger partial charge is 0.347 e. The van der Waals surface area contributed by atoms with Crippen LogP contribution in [0.25, 0.3) is 0 Å². The minimum absolute atomic E-state index is 0.0910. The van der Waals surface area contributed by atoms with E-state index in [1.54, 1.807) is 17.8 Å². The number of aryl methyl sites for hydroxylation is 2. The molecule has 0 radical (unpaired) electrons. The van der Waals surface area contributed by atoms with Gasteiger partial charge in [-0.05, 0) is 29.7 Å². The second-order valence-electron chi connectivity index (χ2n) is 5.18. The monoisotopic (exact) mass is 270 g/mol. The van der Waals surface area contributed by atoms with Crippen LogP contribution >= 0.6 is 0 Å². The van der Waals surface area contributed by atoms with Gasteiger partial charge in [0.25, 0.3) is 5.91 Å². The molecule has 1 aliphatic rings. The van der Waals surface area contributed by atoms with E-state index in [1.165, 1.54) is 11.1 Å². The number of nitrogens with one attached hydrogen (secondary N) is 2. The number of hydrogen-bond donors (Lipinski definition) is 2. The Kier molecular flexibility index (Phi) is 3.28. The van der Waals surface area contributed by atoms with Crippen molar-refractivity contribution in [2.45, 2.75) is 26.6 Å². The molecule has 2 aromatic rings. The number of fused-ring (bicyclic) bond motifs is 1. The summed E-state index contributed by atoms with van der Waals surface area (Å²) in [5.74, 6) is -0.0910. The normalized spacial score (nSPS) is 13.3. The molecule has 2 N–H and O–H groups in total. The Bertz CT molecular complexity index is 660. The lowest BCUT2D eigenvalue weighted by molar-refractivity contribution is 0.0941. The Hall–Kier alpha value is -2.14. The second kappa shape index (κ2) is 5.09. The van der Waals surface area contributed by atoms with Gasteiger partial charge in [0.2, 0.25) is 0 Å². The van der Waals surface area contributed by atoms with Gasteiger partial charge < -0.3 is 10.6 Å². The number of aromatic nitrogens is 2. The van der Waals surface area contributed by atoms with Gasteiger partial charge in [-0.1, -0.05) is 18.2 Å². The molecular formula is C15H18N4O. The van der Waals surface area contributed by atoms with E-state index in [9.17, 15) is 4.79 Å². The number of nitrogens with zero attached hydrogens (tertiary/aromatic N) is 2. The summed E-state index contributed by atoms with van der Waals surface area (Å²) in [7, 11) is 1.78. The summed E-state index contributed by atoms with van der Waals surface area (Å²) in [6.45, 7) is 4.27. The van der Waals surface area contributed by atoms with Gasteiger partial charge >= 0.3 is 0 Å². The van der Waals surface area contributed by atoms with E-state index >= 15 is 0 Å². The van der Waals surface area contributed by atoms with Crippen LogP contribution < -0.4 is 10.6 Å². The predicted octanol–water partition coefficient (Wildman–Crippen LogP) is 1.26. The second-order valence-corrected chi connectivity index (χ2v) is 5.18. The van der Waals surface area contributed by atoms with E-state index < -0.39 is 0 Å². The molecule has 1 aromatic heterocycles. The number of benzene rings is 1. The Morgan fingerprint density at radius 3 is 2.90 bits per heavy atom. The highest BCUT2D eigenvalue weighted by Crippen LogP contribution is 2.17. The van der Waals surface area contributed by atoms with E-state index in [2.05, 4.69) is 33.9 Å². The molecule has 2 heterocycles. The summed E-state index contributed by atoms with van der Waals surface area (Å²) in [6, 6.07) is 8.15. The van der Waals surface area contributed by atoms with Gasteiger partial charge in [-0.3, -0.25) is 9.48 Å². The molecule has 0 saturated heterocycles. The lowest BCUT2D eigenvalue weighted by atomic mass is 10.1. The van der Waals surface area contributed by atoms with Crippen molar-refractivity contribution in [3.8, 4) is 0 Å². The van der Waals surface area contributed by atoms with Gasteiger partial charge in [0, 0.05) is 26.7 Å². The summed E-state index contributed by atoms with van der Waals surface area (Å²) < 4.78 is 1.61. The van der Waals surface area contributed by atoms with E-state index in [-0.39, 0.29) is 5.91 Å². The smallest absolute Gasteiger partial charge is 0.269 e. The number of carbonyl (C=O) groups is 1. The quantitative estimate of drug-likeness (QED) is 0.883. The molecule has 0 fully saturated rings. The van der Waals surface area contributed by atoms with Gasteiger partial charge in [0.05, 0.1) is 5.69 Å². The average Bonchev–Trinajstić information content (AvgIpc) is 3.01. The van der Waals surface area contributed by atoms with Gasteiger partial charge in [-0.15, -0.1) is 0 Å². The molecule has 0 unspecified atom stereocenters. The average molecular weight is 270 g/mol. The predicted molar refractivity (Wildman–Crippen MR) is 76.1 cm³/mol. The highest BCUT2D eigenvalue weighted by molar-refractivity contribution is 5.92. The van der Waals surface area contributed by atoms with Gasteiger partial charge in [0.15, 0.2) is 0 Å². The third kappa shape index (κ3) is 2.44. The first kappa shape index (κ1) is 12.9. The lowest BCUT2D eigenvalue weighted by Crippen LogP contribution is -2.25. The van der Waals surface area contributed by atoms with Crippen LogP contribution in [-0.2, 0) is 26.7 Å². The van der Waals surface area contributed by atoms with Gasteiger partial charge in [0.1, 0.15) is 5.69 Å². The maximum atomic E-state index is 12.1. The zero-order chi connectivity index (χ0) is 14.1. The van der Waals surface area contributed by atoms with Crippen LogP contribution in [0.5, 0.6) is 0 Å². The van der Waals surface area contributed by atoms with Crippen LogP contribution in [0.2, 0.25) is 0 Å². The van der Waals surface area contributed by atoms with Crippen molar-refractivity contribution in [3.63, 3.8) is 0 Å². The van der Waals surface area contributed by atoms with Crippen LogP contribution in [0, 0.1) is 6.92 Å². The molecule has 0 atom stereocenters. The first-order valence-electron chi connectivity index (χ1n) is 6.74. The lowest BCUT2D eigenvalue weighted by Gasteiger charge is -2.07. The topological polar surface area (TPSA) is 59.0 Å². The van der Waals surface area contributed by atoms with Crippen molar-refractivity contribution < 1.29 is 4.79 Å². The van der Waals surface area contributed by atoms with Crippen molar-refractivity contribution in [1.82, 2.24) is 20.4 Å². The molecule has 3 rings (SSSR count). The SMILES string of the molecule is Cc1cc(C(=O)NCc2ccc3c(c2)CNC3)n(C)n1. The molecule has 5 nitrogen and oxygen atoms in total. The molecule has 1 aromatic carbocycles. The van der Waals surface area contributed by atoms with E-state index in [4.69, 9.17) is 0 Å². The van der Waals surface area contributed by atoms with E-state index in [1.807, 2.05) is 6.92 Å². The molecule has 20 heavy (non-hydrogen) atoms. The van der Waals surface area contributed by atoms with Crippen molar-refractivity contribution >= 4 is 5.91 Å². The zero-order valence-electron chi connectivity index (χ0n) is 11.7. The maximum Gasteiger partial charge on any atom is 0.269 e. The van der Waals surface area contributed by atoms with Crippen LogP contribution in [0.3, 0.4) is 0 Å². The Morgan fingerprint density at radius 2 is 2.15 bits per heavy atom. The third-order valence-electron chi connectivity index (χ3n) is 3.59. The Morgan fingerprint density at radius 1 is 1.35 bits per heavy atom.